The van der Waals surface area contributed by atoms with E-state index in [0.29, 0.717) is 0 Å². The monoisotopic (exact) mass is 725 g/mol. The molecule has 0 saturated heterocycles. The topological polar surface area (TPSA) is 25.8 Å². The molecular weight excluding hydrogens is 629 g/mol. The Kier molecular flexibility index (Phi) is 38.9. The van der Waals surface area contributed by atoms with Crippen molar-refractivity contribution in [1.29, 1.82) is 0 Å². The average Bonchev–Trinajstić information content (AvgIpc) is 3.16. The Hall–Kier alpha value is -0.920. The maximum Gasteiger partial charge on any atom is 0.128 e. The van der Waals surface area contributed by atoms with E-state index in [2.05, 4.69) is 26.8 Å². The van der Waals surface area contributed by atoms with E-state index in [0.717, 1.165) is 25.1 Å². The van der Waals surface area contributed by atoms with Gasteiger partial charge in [0.15, 0.2) is 0 Å². The third kappa shape index (κ3) is 34.8. The fourth-order valence-corrected chi connectivity index (χ4v) is 8.15. The molecule has 1 aromatic heterocycles. The summed E-state index contributed by atoms with van der Waals surface area (Å²) in [6, 6.07) is 2.34. The first-order valence-electron chi connectivity index (χ1n) is 24.7. The lowest BCUT2D eigenvalue weighted by Gasteiger charge is -2.08. The van der Waals surface area contributed by atoms with Gasteiger partial charge in [-0.25, -0.2) is 9.97 Å². The van der Waals surface area contributed by atoms with E-state index in [9.17, 15) is 0 Å². The Bertz CT molecular complexity index is 756. The first-order chi connectivity index (χ1) is 25.8. The largest absolute Gasteiger partial charge is 0.238 e. The maximum atomic E-state index is 4.90. The summed E-state index contributed by atoms with van der Waals surface area (Å²) in [6.45, 7) is 6.82. The lowest BCUT2D eigenvalue weighted by Crippen LogP contribution is -2.03. The van der Waals surface area contributed by atoms with Crippen LogP contribution in [0.5, 0.6) is 0 Å². The van der Waals surface area contributed by atoms with Crippen LogP contribution < -0.4 is 0 Å². The highest BCUT2D eigenvalue weighted by molar-refractivity contribution is 5.12. The normalized spacial score (nSPS) is 11.6. The number of rotatable bonds is 43. The molecule has 52 heavy (non-hydrogen) atoms. The molecule has 0 saturated carbocycles. The molecule has 0 aliphatic heterocycles. The van der Waals surface area contributed by atoms with Crippen LogP contribution in [0.15, 0.2) is 6.07 Å². The van der Waals surface area contributed by atoms with E-state index in [1.807, 2.05) is 0 Å². The molecule has 1 rings (SSSR count). The summed E-state index contributed by atoms with van der Waals surface area (Å²) in [5.74, 6) is 1.06. The molecule has 0 spiro atoms. The van der Waals surface area contributed by atoms with Crippen LogP contribution in [0.25, 0.3) is 0 Å². The zero-order chi connectivity index (χ0) is 37.3. The van der Waals surface area contributed by atoms with Gasteiger partial charge in [-0.05, 0) is 31.7 Å². The lowest BCUT2D eigenvalue weighted by atomic mass is 10.0. The molecule has 0 amide bonds. The molecule has 0 atom stereocenters. The van der Waals surface area contributed by atoms with Gasteiger partial charge in [-0.2, -0.15) is 0 Å². The minimum Gasteiger partial charge on any atom is -0.238 e. The molecule has 1 heterocycles. The van der Waals surface area contributed by atoms with Gasteiger partial charge in [-0.15, -0.1) is 0 Å². The molecular formula is C50H96N2. The molecule has 0 unspecified atom stereocenters. The van der Waals surface area contributed by atoms with Gasteiger partial charge in [-0.1, -0.05) is 265 Å². The maximum absolute atomic E-state index is 4.90. The molecule has 306 valence electrons. The van der Waals surface area contributed by atoms with Crippen LogP contribution in [0.2, 0.25) is 0 Å². The van der Waals surface area contributed by atoms with Crippen molar-refractivity contribution < 1.29 is 0 Å². The molecule has 0 aliphatic rings. The summed E-state index contributed by atoms with van der Waals surface area (Å²) < 4.78 is 0. The van der Waals surface area contributed by atoms with Crippen molar-refractivity contribution in [2.24, 2.45) is 0 Å². The fourth-order valence-electron chi connectivity index (χ4n) is 8.15. The molecule has 0 bridgehead atoms. The van der Waals surface area contributed by atoms with Gasteiger partial charge in [0.1, 0.15) is 5.82 Å². The van der Waals surface area contributed by atoms with Crippen molar-refractivity contribution in [2.75, 3.05) is 0 Å². The molecule has 0 N–H and O–H groups in total. The Morgan fingerprint density at radius 1 is 0.269 bits per heavy atom. The zero-order valence-electron chi connectivity index (χ0n) is 36.4. The van der Waals surface area contributed by atoms with Crippen molar-refractivity contribution in [1.82, 2.24) is 9.97 Å². The molecule has 2 heteroatoms. The third-order valence-electron chi connectivity index (χ3n) is 11.8. The summed E-state index contributed by atoms with van der Waals surface area (Å²) in [7, 11) is 0. The van der Waals surface area contributed by atoms with Crippen molar-refractivity contribution in [3.05, 3.63) is 23.3 Å². The fraction of sp³-hybridized carbons (Fsp3) is 0.920. The number of aryl methyl sites for hydroxylation is 3. The summed E-state index contributed by atoms with van der Waals surface area (Å²) in [5, 5.41) is 0. The highest BCUT2D eigenvalue weighted by atomic mass is 14.9. The molecule has 0 aliphatic carbocycles. The molecule has 0 fully saturated rings. The second kappa shape index (κ2) is 41.2. The van der Waals surface area contributed by atoms with Crippen LogP contribution in [0.4, 0.5) is 0 Å². The zero-order valence-corrected chi connectivity index (χ0v) is 36.4. The Balaban J connectivity index is 1.90. The molecule has 1 aromatic rings. The Labute approximate surface area is 329 Å². The van der Waals surface area contributed by atoms with Crippen LogP contribution >= 0.6 is 0 Å². The van der Waals surface area contributed by atoms with Crippen molar-refractivity contribution in [2.45, 2.75) is 297 Å². The summed E-state index contributed by atoms with van der Waals surface area (Å²) in [5.41, 5.74) is 2.61. The van der Waals surface area contributed by atoms with Gasteiger partial charge < -0.3 is 0 Å². The second-order valence-electron chi connectivity index (χ2n) is 17.1. The number of aromatic nitrogens is 2. The van der Waals surface area contributed by atoms with E-state index in [1.54, 1.807) is 0 Å². The molecule has 0 aromatic carbocycles. The van der Waals surface area contributed by atoms with Gasteiger partial charge in [0.2, 0.25) is 0 Å². The van der Waals surface area contributed by atoms with E-state index < -0.39 is 0 Å². The third-order valence-corrected chi connectivity index (χ3v) is 11.8. The van der Waals surface area contributed by atoms with Gasteiger partial charge >= 0.3 is 0 Å². The quantitative estimate of drug-likeness (QED) is 0.0627. The van der Waals surface area contributed by atoms with E-state index >= 15 is 0 Å². The summed E-state index contributed by atoms with van der Waals surface area (Å²) in [6.07, 6.45) is 60.9. The number of unbranched alkanes of at least 4 members (excludes halogenated alkanes) is 38. The van der Waals surface area contributed by atoms with Crippen molar-refractivity contribution in [3.8, 4) is 0 Å². The summed E-state index contributed by atoms with van der Waals surface area (Å²) in [4.78, 5) is 9.79. The Morgan fingerprint density at radius 2 is 0.462 bits per heavy atom. The van der Waals surface area contributed by atoms with Crippen LogP contribution in [-0.2, 0) is 19.3 Å². The molecule has 2 nitrogen and oxygen atoms in total. The Morgan fingerprint density at radius 3 is 0.654 bits per heavy atom. The smallest absolute Gasteiger partial charge is 0.128 e. The van der Waals surface area contributed by atoms with Crippen LogP contribution in [0.3, 0.4) is 0 Å². The van der Waals surface area contributed by atoms with Gasteiger partial charge in [0.05, 0.1) is 0 Å². The lowest BCUT2D eigenvalue weighted by molar-refractivity contribution is 0.521. The predicted molar refractivity (Wildman–Crippen MR) is 235 cm³/mol. The average molecular weight is 725 g/mol. The number of hydrogen-bond acceptors (Lipinski definition) is 2. The highest BCUT2D eigenvalue weighted by Gasteiger charge is 2.05. The van der Waals surface area contributed by atoms with Gasteiger partial charge in [0.25, 0.3) is 0 Å². The van der Waals surface area contributed by atoms with Crippen molar-refractivity contribution >= 4 is 0 Å². The predicted octanol–water partition coefficient (Wildman–Crippen LogP) is 17.8. The summed E-state index contributed by atoms with van der Waals surface area (Å²) >= 11 is 0. The van der Waals surface area contributed by atoms with Crippen LogP contribution in [0, 0.1) is 0 Å². The first-order valence-corrected chi connectivity index (χ1v) is 24.7. The van der Waals surface area contributed by atoms with Crippen molar-refractivity contribution in [3.63, 3.8) is 0 Å². The van der Waals surface area contributed by atoms with E-state index in [1.165, 1.54) is 268 Å². The first kappa shape index (κ1) is 49.1. The highest BCUT2D eigenvalue weighted by Crippen LogP contribution is 2.18. The van der Waals surface area contributed by atoms with Gasteiger partial charge in [-0.3, -0.25) is 0 Å². The molecule has 0 radical (unpaired) electrons. The minimum atomic E-state index is 0.958. The SMILES string of the molecule is CCCCCCCCCCCCCCCCCCCCCCc1cc(CCCCCCCCCCCCCCCCCCCCCC)nc(CC)n1. The van der Waals surface area contributed by atoms with Crippen LogP contribution in [-0.4, -0.2) is 9.97 Å². The van der Waals surface area contributed by atoms with E-state index in [-0.39, 0.29) is 0 Å². The second-order valence-corrected chi connectivity index (χ2v) is 17.1. The van der Waals surface area contributed by atoms with E-state index in [4.69, 9.17) is 9.97 Å². The number of hydrogen-bond donors (Lipinski definition) is 0. The minimum absolute atomic E-state index is 0.958. The van der Waals surface area contributed by atoms with Crippen LogP contribution in [0.1, 0.15) is 295 Å². The standard InChI is InChI=1S/C50H96N2/c1-4-7-9-11-13-15-17-19-21-23-25-27-29-31-33-35-37-39-41-43-45-48-47-49(52-50(6-3)51-48)46-44-42-40-38-36-34-32-30-28-26-24-22-20-18-16-14-12-10-8-5-2/h47H,4-46H2,1-3H3. The van der Waals surface area contributed by atoms with Gasteiger partial charge in [0, 0.05) is 17.8 Å². The number of nitrogens with zero attached hydrogens (tertiary/aromatic N) is 2.